The van der Waals surface area contributed by atoms with Crippen molar-refractivity contribution < 1.29 is 0 Å². The second kappa shape index (κ2) is 6.37. The molecule has 102 valence electrons. The van der Waals surface area contributed by atoms with Crippen LogP contribution in [0.1, 0.15) is 58.1 Å². The summed E-state index contributed by atoms with van der Waals surface area (Å²) in [6.07, 6.45) is 9.76. The Hall–Kier alpha value is -0.830. The van der Waals surface area contributed by atoms with Crippen LogP contribution in [0, 0.1) is 11.8 Å². The lowest BCUT2D eigenvalue weighted by Crippen LogP contribution is -2.28. The van der Waals surface area contributed by atoms with E-state index < -0.39 is 0 Å². The fourth-order valence-electron chi connectivity index (χ4n) is 2.77. The quantitative estimate of drug-likeness (QED) is 0.867. The molecule has 2 rings (SSSR count). The third-order valence-electron chi connectivity index (χ3n) is 4.33. The van der Waals surface area contributed by atoms with E-state index in [2.05, 4.69) is 37.4 Å². The van der Waals surface area contributed by atoms with Crippen LogP contribution >= 0.6 is 0 Å². The van der Waals surface area contributed by atoms with Gasteiger partial charge < -0.3 is 5.32 Å². The zero-order valence-electron chi connectivity index (χ0n) is 12.0. The van der Waals surface area contributed by atoms with Gasteiger partial charge in [0.1, 0.15) is 0 Å². The highest BCUT2D eigenvalue weighted by atomic mass is 15.3. The molecule has 18 heavy (non-hydrogen) atoms. The maximum Gasteiger partial charge on any atom is 0.0537 e. The van der Waals surface area contributed by atoms with E-state index in [4.69, 9.17) is 0 Å². The molecule has 1 fully saturated rings. The third-order valence-corrected chi connectivity index (χ3v) is 4.33. The van der Waals surface area contributed by atoms with Crippen LogP contribution in [0.2, 0.25) is 0 Å². The fourth-order valence-corrected chi connectivity index (χ4v) is 2.77. The molecule has 0 aliphatic heterocycles. The normalized spacial score (nSPS) is 26.2. The Bertz CT molecular complexity index is 350. The maximum absolute atomic E-state index is 4.34. The second-order valence-corrected chi connectivity index (χ2v) is 5.89. The number of nitrogens with one attached hydrogen (secondary N) is 1. The van der Waals surface area contributed by atoms with E-state index >= 15 is 0 Å². The molecule has 1 saturated carbocycles. The summed E-state index contributed by atoms with van der Waals surface area (Å²) in [5.41, 5.74) is 1.31. The number of hydrogen-bond acceptors (Lipinski definition) is 2. The van der Waals surface area contributed by atoms with E-state index in [0.717, 1.165) is 24.9 Å². The minimum Gasteiger partial charge on any atom is -0.310 e. The molecule has 1 aromatic rings. The van der Waals surface area contributed by atoms with Gasteiger partial charge in [0.2, 0.25) is 0 Å². The fraction of sp³-hybridized carbons (Fsp3) is 0.800. The molecule has 1 heterocycles. The van der Waals surface area contributed by atoms with Crippen LogP contribution in [0.5, 0.6) is 0 Å². The number of aromatic nitrogens is 2. The summed E-state index contributed by atoms with van der Waals surface area (Å²) >= 11 is 0. The standard InChI is InChI=1S/C15H27N3/c1-4-18-11-15(10-17-18)13(3)16-9-14-7-5-12(2)6-8-14/h10-14,16H,4-9H2,1-3H3. The molecule has 0 bridgehead atoms. The molecule has 0 saturated heterocycles. The third kappa shape index (κ3) is 3.58. The van der Waals surface area contributed by atoms with Gasteiger partial charge in [-0.25, -0.2) is 0 Å². The Morgan fingerprint density at radius 1 is 1.39 bits per heavy atom. The highest BCUT2D eigenvalue weighted by molar-refractivity contribution is 5.09. The highest BCUT2D eigenvalue weighted by Gasteiger charge is 2.18. The van der Waals surface area contributed by atoms with Crippen molar-refractivity contribution in [2.75, 3.05) is 6.54 Å². The van der Waals surface area contributed by atoms with Crippen LogP contribution in [0.25, 0.3) is 0 Å². The predicted octanol–water partition coefficient (Wildman–Crippen LogP) is 3.38. The lowest BCUT2D eigenvalue weighted by molar-refractivity contribution is 0.276. The Kier molecular flexibility index (Phi) is 4.81. The van der Waals surface area contributed by atoms with Gasteiger partial charge in [-0.1, -0.05) is 19.8 Å². The molecule has 1 N–H and O–H groups in total. The van der Waals surface area contributed by atoms with Crippen molar-refractivity contribution in [2.24, 2.45) is 11.8 Å². The molecule has 3 nitrogen and oxygen atoms in total. The van der Waals surface area contributed by atoms with Crippen LogP contribution < -0.4 is 5.32 Å². The van der Waals surface area contributed by atoms with Gasteiger partial charge in [-0.15, -0.1) is 0 Å². The zero-order chi connectivity index (χ0) is 13.0. The lowest BCUT2D eigenvalue weighted by atomic mass is 9.83. The van der Waals surface area contributed by atoms with Crippen molar-refractivity contribution in [2.45, 2.75) is 59.0 Å². The van der Waals surface area contributed by atoms with E-state index in [0.29, 0.717) is 6.04 Å². The molecule has 0 amide bonds. The molecular weight excluding hydrogens is 222 g/mol. The van der Waals surface area contributed by atoms with Gasteiger partial charge in [0.15, 0.2) is 0 Å². The van der Waals surface area contributed by atoms with E-state index in [9.17, 15) is 0 Å². The molecule has 0 spiro atoms. The van der Waals surface area contributed by atoms with Crippen molar-refractivity contribution in [1.82, 2.24) is 15.1 Å². The molecule has 1 aliphatic carbocycles. The highest BCUT2D eigenvalue weighted by Crippen LogP contribution is 2.28. The van der Waals surface area contributed by atoms with Crippen LogP contribution in [0.4, 0.5) is 0 Å². The Morgan fingerprint density at radius 3 is 2.72 bits per heavy atom. The van der Waals surface area contributed by atoms with Crippen molar-refractivity contribution >= 4 is 0 Å². The van der Waals surface area contributed by atoms with Gasteiger partial charge in [0, 0.05) is 24.3 Å². The summed E-state index contributed by atoms with van der Waals surface area (Å²) in [6.45, 7) is 8.85. The van der Waals surface area contributed by atoms with E-state index in [1.165, 1.54) is 31.2 Å². The predicted molar refractivity (Wildman–Crippen MR) is 75.4 cm³/mol. The van der Waals surface area contributed by atoms with E-state index in [-0.39, 0.29) is 0 Å². The smallest absolute Gasteiger partial charge is 0.0537 e. The SMILES string of the molecule is CCn1cc(C(C)NCC2CCC(C)CC2)cn1. The average molecular weight is 249 g/mol. The van der Waals surface area contributed by atoms with E-state index in [1.54, 1.807) is 0 Å². The second-order valence-electron chi connectivity index (χ2n) is 5.89. The first-order valence-corrected chi connectivity index (χ1v) is 7.44. The first-order chi connectivity index (χ1) is 8.69. The topological polar surface area (TPSA) is 29.9 Å². The van der Waals surface area contributed by atoms with Crippen LogP contribution in [0.15, 0.2) is 12.4 Å². The van der Waals surface area contributed by atoms with E-state index in [1.807, 2.05) is 10.9 Å². The molecule has 0 radical (unpaired) electrons. The zero-order valence-corrected chi connectivity index (χ0v) is 12.0. The largest absolute Gasteiger partial charge is 0.310 e. The summed E-state index contributed by atoms with van der Waals surface area (Å²) in [5, 5.41) is 8.00. The summed E-state index contributed by atoms with van der Waals surface area (Å²) in [7, 11) is 0. The molecule has 1 aromatic heterocycles. The van der Waals surface area contributed by atoms with Gasteiger partial charge in [0.05, 0.1) is 6.20 Å². The van der Waals surface area contributed by atoms with Crippen molar-refractivity contribution in [3.05, 3.63) is 18.0 Å². The first-order valence-electron chi connectivity index (χ1n) is 7.44. The van der Waals surface area contributed by atoms with Gasteiger partial charge in [-0.05, 0) is 45.1 Å². The summed E-state index contributed by atoms with van der Waals surface area (Å²) in [4.78, 5) is 0. The van der Waals surface area contributed by atoms with Crippen LogP contribution in [-0.4, -0.2) is 16.3 Å². The van der Waals surface area contributed by atoms with Crippen LogP contribution in [-0.2, 0) is 6.54 Å². The number of nitrogens with zero attached hydrogens (tertiary/aromatic N) is 2. The van der Waals surface area contributed by atoms with Crippen molar-refractivity contribution in [1.29, 1.82) is 0 Å². The lowest BCUT2D eigenvalue weighted by Gasteiger charge is -2.27. The molecule has 3 heteroatoms. The average Bonchev–Trinajstić information content (AvgIpc) is 2.86. The number of hydrogen-bond donors (Lipinski definition) is 1. The Labute approximate surface area is 111 Å². The summed E-state index contributed by atoms with van der Waals surface area (Å²) in [5.74, 6) is 1.83. The van der Waals surface area contributed by atoms with Crippen molar-refractivity contribution in [3.63, 3.8) is 0 Å². The van der Waals surface area contributed by atoms with Gasteiger partial charge in [-0.2, -0.15) is 5.10 Å². The molecular formula is C15H27N3. The van der Waals surface area contributed by atoms with Gasteiger partial charge >= 0.3 is 0 Å². The Morgan fingerprint density at radius 2 is 2.11 bits per heavy atom. The maximum atomic E-state index is 4.34. The number of aryl methyl sites for hydroxylation is 1. The summed E-state index contributed by atoms with van der Waals surface area (Å²) < 4.78 is 2.00. The first kappa shape index (κ1) is 13.6. The monoisotopic (exact) mass is 249 g/mol. The van der Waals surface area contributed by atoms with Gasteiger partial charge in [-0.3, -0.25) is 4.68 Å². The Balaban J connectivity index is 1.75. The van der Waals surface area contributed by atoms with Gasteiger partial charge in [0.25, 0.3) is 0 Å². The molecule has 1 atom stereocenters. The van der Waals surface area contributed by atoms with Crippen molar-refractivity contribution in [3.8, 4) is 0 Å². The summed E-state index contributed by atoms with van der Waals surface area (Å²) in [6, 6.07) is 0.421. The molecule has 0 aromatic carbocycles. The molecule has 1 aliphatic rings. The minimum atomic E-state index is 0.421. The van der Waals surface area contributed by atoms with Crippen LogP contribution in [0.3, 0.4) is 0 Å². The minimum absolute atomic E-state index is 0.421. The molecule has 1 unspecified atom stereocenters. The number of rotatable bonds is 5.